The van der Waals surface area contributed by atoms with Gasteiger partial charge in [-0.15, -0.1) is 11.3 Å². The van der Waals surface area contributed by atoms with Gasteiger partial charge in [-0.05, 0) is 13.8 Å². The molecular formula is C10H11N3O2S. The summed E-state index contributed by atoms with van der Waals surface area (Å²) in [6.07, 6.45) is 3.42. The normalized spacial score (nSPS) is 10.6. The van der Waals surface area contributed by atoms with Gasteiger partial charge in [-0.2, -0.15) is 0 Å². The van der Waals surface area contributed by atoms with Gasteiger partial charge in [0.15, 0.2) is 0 Å². The van der Waals surface area contributed by atoms with E-state index < -0.39 is 5.97 Å². The number of hydrogen-bond donors (Lipinski definition) is 1. The first kappa shape index (κ1) is 10.8. The molecule has 2 rings (SSSR count). The van der Waals surface area contributed by atoms with Crippen molar-refractivity contribution in [1.82, 2.24) is 14.5 Å². The van der Waals surface area contributed by atoms with E-state index in [9.17, 15) is 4.79 Å². The summed E-state index contributed by atoms with van der Waals surface area (Å²) in [6, 6.07) is 0. The lowest BCUT2D eigenvalue weighted by Gasteiger charge is -1.99. The third-order valence-corrected chi connectivity index (χ3v) is 3.43. The molecule has 2 aromatic rings. The van der Waals surface area contributed by atoms with E-state index in [0.717, 1.165) is 12.2 Å². The van der Waals surface area contributed by atoms with Crippen molar-refractivity contribution in [3.05, 3.63) is 23.1 Å². The highest BCUT2D eigenvalue weighted by molar-refractivity contribution is 7.17. The largest absolute Gasteiger partial charge is 0.477 e. The van der Waals surface area contributed by atoms with Crippen LogP contribution in [0.3, 0.4) is 0 Å². The Hall–Kier alpha value is -1.69. The van der Waals surface area contributed by atoms with E-state index in [1.54, 1.807) is 19.4 Å². The Labute approximate surface area is 96.4 Å². The lowest BCUT2D eigenvalue weighted by atomic mass is 10.4. The Kier molecular flexibility index (Phi) is 2.74. The number of aryl methyl sites for hydroxylation is 2. The van der Waals surface area contributed by atoms with Gasteiger partial charge >= 0.3 is 5.97 Å². The number of imidazole rings is 1. The highest BCUT2D eigenvalue weighted by Crippen LogP contribution is 2.27. The average molecular weight is 237 g/mol. The molecule has 16 heavy (non-hydrogen) atoms. The number of hydrogen-bond acceptors (Lipinski definition) is 4. The molecule has 0 saturated heterocycles. The molecule has 0 saturated carbocycles. The molecule has 2 heterocycles. The molecule has 5 nitrogen and oxygen atoms in total. The SMILES string of the molecule is CCn1cncc1-c1nc(C)c(C(=O)O)s1. The molecule has 0 aliphatic heterocycles. The number of thiazole rings is 1. The standard InChI is InChI=1S/C10H11N3O2S/c1-3-13-5-11-4-7(13)9-12-6(2)8(16-9)10(14)15/h4-5H,3H2,1-2H3,(H,14,15). The van der Waals surface area contributed by atoms with Crippen LogP contribution >= 0.6 is 11.3 Å². The predicted molar refractivity (Wildman–Crippen MR) is 60.7 cm³/mol. The average Bonchev–Trinajstić information content (AvgIpc) is 2.82. The predicted octanol–water partition coefficient (Wildman–Crippen LogP) is 2.03. The van der Waals surface area contributed by atoms with Crippen LogP contribution in [0.2, 0.25) is 0 Å². The molecule has 0 unspecified atom stereocenters. The molecular weight excluding hydrogens is 226 g/mol. The van der Waals surface area contributed by atoms with Crippen LogP contribution in [0, 0.1) is 6.92 Å². The minimum Gasteiger partial charge on any atom is -0.477 e. The van der Waals surface area contributed by atoms with E-state index in [1.807, 2.05) is 11.5 Å². The van der Waals surface area contributed by atoms with E-state index in [0.29, 0.717) is 15.6 Å². The second-order valence-electron chi connectivity index (χ2n) is 3.30. The minimum absolute atomic E-state index is 0.291. The maximum atomic E-state index is 10.9. The molecule has 0 fully saturated rings. The summed E-state index contributed by atoms with van der Waals surface area (Å²) in [6.45, 7) is 4.50. The summed E-state index contributed by atoms with van der Waals surface area (Å²) in [7, 11) is 0. The lowest BCUT2D eigenvalue weighted by molar-refractivity contribution is 0.0701. The molecule has 2 aromatic heterocycles. The van der Waals surface area contributed by atoms with Gasteiger partial charge < -0.3 is 9.67 Å². The quantitative estimate of drug-likeness (QED) is 0.886. The monoisotopic (exact) mass is 237 g/mol. The van der Waals surface area contributed by atoms with Gasteiger partial charge in [0.05, 0.1) is 23.9 Å². The number of carboxylic acids is 1. The van der Waals surface area contributed by atoms with Crippen LogP contribution in [0.4, 0.5) is 0 Å². The van der Waals surface area contributed by atoms with Crippen LogP contribution in [0.1, 0.15) is 22.3 Å². The highest BCUT2D eigenvalue weighted by atomic mass is 32.1. The summed E-state index contributed by atoms with van der Waals surface area (Å²) in [4.78, 5) is 19.5. The molecule has 0 spiro atoms. The molecule has 6 heteroatoms. The number of aromatic carboxylic acids is 1. The number of carboxylic acid groups (broad SMARTS) is 1. The van der Waals surface area contributed by atoms with Crippen LogP contribution in [-0.2, 0) is 6.54 Å². The van der Waals surface area contributed by atoms with Gasteiger partial charge in [0.2, 0.25) is 0 Å². The molecule has 0 aliphatic carbocycles. The third kappa shape index (κ3) is 1.71. The van der Waals surface area contributed by atoms with Gasteiger partial charge in [0.1, 0.15) is 9.88 Å². The third-order valence-electron chi connectivity index (χ3n) is 2.26. The van der Waals surface area contributed by atoms with Crippen molar-refractivity contribution in [2.75, 3.05) is 0 Å². The molecule has 1 N–H and O–H groups in total. The number of carbonyl (C=O) groups is 1. The van der Waals surface area contributed by atoms with Crippen molar-refractivity contribution < 1.29 is 9.90 Å². The van der Waals surface area contributed by atoms with E-state index in [1.165, 1.54) is 11.3 Å². The van der Waals surface area contributed by atoms with Gasteiger partial charge in [-0.25, -0.2) is 14.8 Å². The molecule has 0 amide bonds. The molecule has 0 atom stereocenters. The fourth-order valence-electron chi connectivity index (χ4n) is 1.46. The summed E-state index contributed by atoms with van der Waals surface area (Å²) < 4.78 is 1.93. The molecule has 0 aromatic carbocycles. The fourth-order valence-corrected chi connectivity index (χ4v) is 2.39. The Morgan fingerprint density at radius 1 is 1.62 bits per heavy atom. The van der Waals surface area contributed by atoms with Gasteiger partial charge in [0, 0.05) is 6.54 Å². The summed E-state index contributed by atoms with van der Waals surface area (Å²) in [5.74, 6) is -0.927. The Morgan fingerprint density at radius 3 is 2.94 bits per heavy atom. The number of rotatable bonds is 3. The Morgan fingerprint density at radius 2 is 2.38 bits per heavy atom. The van der Waals surface area contributed by atoms with E-state index in [4.69, 9.17) is 5.11 Å². The zero-order chi connectivity index (χ0) is 11.7. The van der Waals surface area contributed by atoms with Crippen molar-refractivity contribution in [3.8, 4) is 10.7 Å². The van der Waals surface area contributed by atoms with Gasteiger partial charge in [-0.3, -0.25) is 0 Å². The van der Waals surface area contributed by atoms with Gasteiger partial charge in [-0.1, -0.05) is 0 Å². The first-order chi connectivity index (χ1) is 7.63. The van der Waals surface area contributed by atoms with E-state index in [-0.39, 0.29) is 0 Å². The Balaban J connectivity index is 2.49. The fraction of sp³-hybridized carbons (Fsp3) is 0.300. The van der Waals surface area contributed by atoms with Crippen LogP contribution in [-0.4, -0.2) is 25.6 Å². The minimum atomic E-state index is -0.927. The lowest BCUT2D eigenvalue weighted by Crippen LogP contribution is -1.94. The smallest absolute Gasteiger partial charge is 0.347 e. The molecule has 84 valence electrons. The van der Waals surface area contributed by atoms with Crippen LogP contribution in [0.25, 0.3) is 10.7 Å². The van der Waals surface area contributed by atoms with E-state index in [2.05, 4.69) is 9.97 Å². The van der Waals surface area contributed by atoms with Crippen molar-refractivity contribution in [3.63, 3.8) is 0 Å². The summed E-state index contributed by atoms with van der Waals surface area (Å²) >= 11 is 1.18. The van der Waals surface area contributed by atoms with Gasteiger partial charge in [0.25, 0.3) is 0 Å². The Bertz CT molecular complexity index is 530. The van der Waals surface area contributed by atoms with Crippen molar-refractivity contribution in [2.24, 2.45) is 0 Å². The van der Waals surface area contributed by atoms with E-state index >= 15 is 0 Å². The summed E-state index contributed by atoms with van der Waals surface area (Å²) in [5.41, 5.74) is 1.42. The molecule has 0 aliphatic rings. The second kappa shape index (κ2) is 4.05. The summed E-state index contributed by atoms with van der Waals surface area (Å²) in [5, 5.41) is 9.65. The molecule has 0 radical (unpaired) electrons. The van der Waals surface area contributed by atoms with Crippen molar-refractivity contribution >= 4 is 17.3 Å². The van der Waals surface area contributed by atoms with Crippen LogP contribution in [0.5, 0.6) is 0 Å². The maximum absolute atomic E-state index is 10.9. The van der Waals surface area contributed by atoms with Crippen molar-refractivity contribution in [2.45, 2.75) is 20.4 Å². The molecule has 0 bridgehead atoms. The number of nitrogens with zero attached hydrogens (tertiary/aromatic N) is 3. The zero-order valence-electron chi connectivity index (χ0n) is 8.97. The van der Waals surface area contributed by atoms with Crippen LogP contribution < -0.4 is 0 Å². The second-order valence-corrected chi connectivity index (χ2v) is 4.30. The van der Waals surface area contributed by atoms with Crippen molar-refractivity contribution in [1.29, 1.82) is 0 Å². The topological polar surface area (TPSA) is 68.0 Å². The van der Waals surface area contributed by atoms with Crippen LogP contribution in [0.15, 0.2) is 12.5 Å². The zero-order valence-corrected chi connectivity index (χ0v) is 9.78. The first-order valence-electron chi connectivity index (χ1n) is 4.84. The highest BCUT2D eigenvalue weighted by Gasteiger charge is 2.16. The first-order valence-corrected chi connectivity index (χ1v) is 5.66. The maximum Gasteiger partial charge on any atom is 0.347 e. The number of aromatic nitrogens is 3.